The van der Waals surface area contributed by atoms with Crippen molar-refractivity contribution in [3.63, 3.8) is 0 Å². The third kappa shape index (κ3) is 4.75. The lowest BCUT2D eigenvalue weighted by atomic mass is 10.1. The lowest BCUT2D eigenvalue weighted by Crippen LogP contribution is -2.36. The molecule has 2 aromatic rings. The van der Waals surface area contributed by atoms with Crippen molar-refractivity contribution >= 4 is 21.4 Å². The molecule has 1 aliphatic heterocycles. The molecule has 0 radical (unpaired) electrons. The number of aryl methyl sites for hydroxylation is 2. The summed E-state index contributed by atoms with van der Waals surface area (Å²) in [6.07, 6.45) is 3.01. The lowest BCUT2D eigenvalue weighted by molar-refractivity contribution is 0.122. The van der Waals surface area contributed by atoms with E-state index in [2.05, 4.69) is 9.62 Å². The third-order valence-corrected chi connectivity index (χ3v) is 7.00. The highest BCUT2D eigenvalue weighted by molar-refractivity contribution is 7.92. The predicted octanol–water partition coefficient (Wildman–Crippen LogP) is 3.61. The molecule has 2 aliphatic rings. The Labute approximate surface area is 184 Å². The molecule has 0 bridgehead atoms. The minimum absolute atomic E-state index is 0.269. The van der Waals surface area contributed by atoms with Gasteiger partial charge in [0, 0.05) is 25.2 Å². The van der Waals surface area contributed by atoms with Crippen LogP contribution in [0.25, 0.3) is 0 Å². The van der Waals surface area contributed by atoms with Gasteiger partial charge >= 0.3 is 0 Å². The zero-order valence-electron chi connectivity index (χ0n) is 18.1. The van der Waals surface area contributed by atoms with Gasteiger partial charge in [0.25, 0.3) is 10.0 Å². The first kappa shape index (κ1) is 21.8. The number of hydrogen-bond acceptors (Lipinski definition) is 6. The Hall–Kier alpha value is -2.45. The molecule has 1 fully saturated rings. The molecule has 0 atom stereocenters. The molecule has 0 saturated carbocycles. The van der Waals surface area contributed by atoms with Gasteiger partial charge in [-0.3, -0.25) is 4.72 Å². The molecule has 1 aliphatic carbocycles. The number of nitrogens with zero attached hydrogens (tertiary/aromatic N) is 1. The van der Waals surface area contributed by atoms with Gasteiger partial charge in [-0.1, -0.05) is 6.07 Å². The minimum Gasteiger partial charge on any atom is -0.492 e. The van der Waals surface area contributed by atoms with Crippen molar-refractivity contribution in [2.75, 3.05) is 49.1 Å². The van der Waals surface area contributed by atoms with E-state index in [1.54, 1.807) is 18.2 Å². The number of fused-ring (bicyclic) bond motifs is 1. The van der Waals surface area contributed by atoms with Crippen LogP contribution in [0.15, 0.2) is 35.2 Å². The standard InChI is InChI=1S/C23H30N2O5S/c1-3-29-22-16-21(25-10-12-28-13-11-25)23(30-4-2)15-20(22)24-31(26,27)19-9-8-17-6-5-7-18(17)14-19/h8-9,14-16,24H,3-7,10-13H2,1-2H3. The summed E-state index contributed by atoms with van der Waals surface area (Å²) in [6, 6.07) is 8.98. The topological polar surface area (TPSA) is 77.1 Å². The van der Waals surface area contributed by atoms with Gasteiger partial charge in [0.05, 0.1) is 42.7 Å². The number of benzene rings is 2. The monoisotopic (exact) mass is 446 g/mol. The van der Waals surface area contributed by atoms with Crippen LogP contribution in [0.2, 0.25) is 0 Å². The fourth-order valence-electron chi connectivity index (χ4n) is 4.15. The number of nitrogens with one attached hydrogen (secondary N) is 1. The van der Waals surface area contributed by atoms with Gasteiger partial charge in [-0.2, -0.15) is 0 Å². The van der Waals surface area contributed by atoms with Crippen molar-refractivity contribution in [3.05, 3.63) is 41.5 Å². The Morgan fingerprint density at radius 1 is 0.968 bits per heavy atom. The maximum atomic E-state index is 13.2. The Morgan fingerprint density at radius 3 is 2.42 bits per heavy atom. The van der Waals surface area contributed by atoms with Crippen molar-refractivity contribution in [2.45, 2.75) is 38.0 Å². The molecule has 0 unspecified atom stereocenters. The van der Waals surface area contributed by atoms with Gasteiger partial charge in [0.2, 0.25) is 0 Å². The van der Waals surface area contributed by atoms with Crippen LogP contribution < -0.4 is 19.1 Å². The highest BCUT2D eigenvalue weighted by Gasteiger charge is 2.24. The Kier molecular flexibility index (Phi) is 6.57. The van der Waals surface area contributed by atoms with E-state index in [-0.39, 0.29) is 4.90 Å². The van der Waals surface area contributed by atoms with Gasteiger partial charge in [-0.25, -0.2) is 8.42 Å². The summed E-state index contributed by atoms with van der Waals surface area (Å²) in [5.41, 5.74) is 3.62. The number of morpholine rings is 1. The summed E-state index contributed by atoms with van der Waals surface area (Å²) in [4.78, 5) is 2.45. The first-order valence-corrected chi connectivity index (χ1v) is 12.4. The minimum atomic E-state index is -3.76. The van der Waals surface area contributed by atoms with Gasteiger partial charge in [0.15, 0.2) is 0 Å². The van der Waals surface area contributed by atoms with E-state index in [1.807, 2.05) is 26.0 Å². The van der Waals surface area contributed by atoms with Crippen LogP contribution in [0.1, 0.15) is 31.4 Å². The first-order valence-electron chi connectivity index (χ1n) is 10.9. The van der Waals surface area contributed by atoms with Crippen molar-refractivity contribution in [2.24, 2.45) is 0 Å². The first-order chi connectivity index (χ1) is 15.0. The number of ether oxygens (including phenoxy) is 3. The van der Waals surface area contributed by atoms with Crippen molar-refractivity contribution < 1.29 is 22.6 Å². The smallest absolute Gasteiger partial charge is 0.262 e. The van der Waals surface area contributed by atoms with Crippen LogP contribution in [-0.2, 0) is 27.6 Å². The average molecular weight is 447 g/mol. The normalized spacial score (nSPS) is 16.1. The molecular formula is C23H30N2O5S. The third-order valence-electron chi connectivity index (χ3n) is 5.64. The summed E-state index contributed by atoms with van der Waals surface area (Å²) in [5.74, 6) is 1.11. The van der Waals surface area contributed by atoms with E-state index in [0.29, 0.717) is 43.6 Å². The van der Waals surface area contributed by atoms with Crippen LogP contribution in [-0.4, -0.2) is 47.9 Å². The van der Waals surface area contributed by atoms with Crippen LogP contribution in [0.5, 0.6) is 11.5 Å². The van der Waals surface area contributed by atoms with E-state index in [1.165, 1.54) is 5.56 Å². The van der Waals surface area contributed by atoms with Crippen LogP contribution >= 0.6 is 0 Å². The van der Waals surface area contributed by atoms with E-state index >= 15 is 0 Å². The van der Waals surface area contributed by atoms with Crippen LogP contribution in [0.4, 0.5) is 11.4 Å². The Balaban J connectivity index is 1.69. The molecule has 8 heteroatoms. The summed E-state index contributed by atoms with van der Waals surface area (Å²) < 4.78 is 46.2. The van der Waals surface area contributed by atoms with Crippen molar-refractivity contribution in [3.8, 4) is 11.5 Å². The van der Waals surface area contributed by atoms with E-state index in [0.717, 1.165) is 43.6 Å². The van der Waals surface area contributed by atoms with Crippen molar-refractivity contribution in [1.82, 2.24) is 0 Å². The second kappa shape index (κ2) is 9.36. The molecule has 2 aromatic carbocycles. The summed E-state index contributed by atoms with van der Waals surface area (Å²) in [5, 5.41) is 0. The second-order valence-corrected chi connectivity index (χ2v) is 9.35. The average Bonchev–Trinajstić information content (AvgIpc) is 3.24. The molecule has 1 saturated heterocycles. The lowest BCUT2D eigenvalue weighted by Gasteiger charge is -2.31. The summed E-state index contributed by atoms with van der Waals surface area (Å²) in [6.45, 7) is 7.45. The van der Waals surface area contributed by atoms with Gasteiger partial charge in [-0.05, 0) is 56.4 Å². The zero-order chi connectivity index (χ0) is 21.8. The largest absolute Gasteiger partial charge is 0.492 e. The van der Waals surface area contributed by atoms with E-state index < -0.39 is 10.0 Å². The molecular weight excluding hydrogens is 416 g/mol. The fourth-order valence-corrected chi connectivity index (χ4v) is 5.26. The highest BCUT2D eigenvalue weighted by Crippen LogP contribution is 2.40. The maximum Gasteiger partial charge on any atom is 0.262 e. The molecule has 31 heavy (non-hydrogen) atoms. The molecule has 0 spiro atoms. The zero-order valence-corrected chi connectivity index (χ0v) is 19.0. The molecule has 1 heterocycles. The predicted molar refractivity (Wildman–Crippen MR) is 121 cm³/mol. The number of rotatable bonds is 8. The van der Waals surface area contributed by atoms with Gasteiger partial charge < -0.3 is 19.1 Å². The highest BCUT2D eigenvalue weighted by atomic mass is 32.2. The quantitative estimate of drug-likeness (QED) is 0.668. The molecule has 1 N–H and O–H groups in total. The van der Waals surface area contributed by atoms with Gasteiger partial charge in [-0.15, -0.1) is 0 Å². The van der Waals surface area contributed by atoms with E-state index in [9.17, 15) is 8.42 Å². The summed E-state index contributed by atoms with van der Waals surface area (Å²) in [7, 11) is -3.76. The maximum absolute atomic E-state index is 13.2. The fraction of sp³-hybridized carbons (Fsp3) is 0.478. The van der Waals surface area contributed by atoms with Crippen molar-refractivity contribution in [1.29, 1.82) is 0 Å². The molecule has 0 amide bonds. The molecule has 0 aromatic heterocycles. The second-order valence-electron chi connectivity index (χ2n) is 7.67. The summed E-state index contributed by atoms with van der Waals surface area (Å²) >= 11 is 0. The molecule has 4 rings (SSSR count). The number of hydrogen-bond donors (Lipinski definition) is 1. The SMILES string of the molecule is CCOc1cc(N2CCOCC2)c(OCC)cc1NS(=O)(=O)c1ccc2c(c1)CCC2. The van der Waals surface area contributed by atoms with Crippen LogP contribution in [0, 0.1) is 0 Å². The van der Waals surface area contributed by atoms with Gasteiger partial charge in [0.1, 0.15) is 11.5 Å². The molecule has 7 nitrogen and oxygen atoms in total. The molecule has 168 valence electrons. The number of anilines is 2. The Morgan fingerprint density at radius 2 is 1.68 bits per heavy atom. The van der Waals surface area contributed by atoms with Crippen LogP contribution in [0.3, 0.4) is 0 Å². The number of sulfonamides is 1. The van der Waals surface area contributed by atoms with E-state index in [4.69, 9.17) is 14.2 Å². The Bertz CT molecular complexity index is 1030.